The Balaban J connectivity index is 1.90. The fraction of sp³-hybridized carbons (Fsp3) is 0.684. The number of β-amino-alcohol motifs (C(OH)–C–C–N with tert-alkyl or cyclic N) is 1. The van der Waals surface area contributed by atoms with Gasteiger partial charge in [0.25, 0.3) is 0 Å². The van der Waals surface area contributed by atoms with Crippen LogP contribution in [0.2, 0.25) is 0 Å². The van der Waals surface area contributed by atoms with E-state index < -0.39 is 6.10 Å². The van der Waals surface area contributed by atoms with E-state index in [-0.39, 0.29) is 5.41 Å². The molecule has 2 atom stereocenters. The minimum Gasteiger partial charge on any atom is -0.491 e. The number of nitrogens with zero attached hydrogens (tertiary/aromatic N) is 1. The van der Waals surface area contributed by atoms with Crippen molar-refractivity contribution in [2.24, 2.45) is 0 Å². The first-order valence-electron chi connectivity index (χ1n) is 8.52. The van der Waals surface area contributed by atoms with Crippen molar-refractivity contribution in [2.75, 3.05) is 19.7 Å². The van der Waals surface area contributed by atoms with Crippen LogP contribution in [0.1, 0.15) is 52.5 Å². The van der Waals surface area contributed by atoms with Crippen LogP contribution in [0.25, 0.3) is 0 Å². The second-order valence-electron chi connectivity index (χ2n) is 7.55. The predicted molar refractivity (Wildman–Crippen MR) is 91.5 cm³/mol. The Kier molecular flexibility index (Phi) is 5.87. The third-order valence-corrected chi connectivity index (χ3v) is 4.51. The zero-order chi connectivity index (χ0) is 16.2. The Bertz CT molecular complexity index is 467. The number of hydrogen-bond acceptors (Lipinski definition) is 3. The zero-order valence-electron chi connectivity index (χ0n) is 14.5. The molecule has 1 heterocycles. The molecule has 3 heteroatoms. The van der Waals surface area contributed by atoms with Gasteiger partial charge in [-0.25, -0.2) is 0 Å². The Morgan fingerprint density at radius 1 is 1.27 bits per heavy atom. The minimum atomic E-state index is -0.437. The summed E-state index contributed by atoms with van der Waals surface area (Å²) in [7, 11) is 0. The van der Waals surface area contributed by atoms with Crippen molar-refractivity contribution >= 4 is 0 Å². The first kappa shape index (κ1) is 17.3. The number of benzene rings is 1. The average Bonchev–Trinajstić information content (AvgIpc) is 2.47. The van der Waals surface area contributed by atoms with Crippen LogP contribution in [0.5, 0.6) is 5.75 Å². The van der Waals surface area contributed by atoms with Crippen molar-refractivity contribution in [3.63, 3.8) is 0 Å². The molecule has 22 heavy (non-hydrogen) atoms. The number of aliphatic hydroxyl groups is 1. The molecule has 0 bridgehead atoms. The van der Waals surface area contributed by atoms with Gasteiger partial charge in [0.1, 0.15) is 18.5 Å². The standard InChI is InChI=1S/C19H31NO2/c1-15-9-7-8-12-20(15)13-16(21)14-22-18-11-6-5-10-17(18)19(2,3)4/h5-6,10-11,15-16,21H,7-9,12-14H2,1-4H3/t15-,16-/m0/s1. The predicted octanol–water partition coefficient (Wildman–Crippen LogP) is 3.60. The molecule has 1 aromatic carbocycles. The van der Waals surface area contributed by atoms with Gasteiger partial charge < -0.3 is 9.84 Å². The SMILES string of the molecule is C[C@H]1CCCCN1C[C@H](O)COc1ccccc1C(C)(C)C. The summed E-state index contributed by atoms with van der Waals surface area (Å²) >= 11 is 0. The van der Waals surface area contributed by atoms with Crippen molar-refractivity contribution in [2.45, 2.75) is 64.5 Å². The lowest BCUT2D eigenvalue weighted by Gasteiger charge is -2.34. The summed E-state index contributed by atoms with van der Waals surface area (Å²) in [5, 5.41) is 10.3. The lowest BCUT2D eigenvalue weighted by Crippen LogP contribution is -2.43. The van der Waals surface area contributed by atoms with E-state index in [9.17, 15) is 5.11 Å². The summed E-state index contributed by atoms with van der Waals surface area (Å²) in [6.45, 7) is 11.0. The van der Waals surface area contributed by atoms with Crippen LogP contribution in [0, 0.1) is 0 Å². The maximum Gasteiger partial charge on any atom is 0.123 e. The van der Waals surface area contributed by atoms with Crippen LogP contribution >= 0.6 is 0 Å². The number of rotatable bonds is 5. The molecule has 0 amide bonds. The molecule has 0 aliphatic carbocycles. The van der Waals surface area contributed by atoms with E-state index in [0.29, 0.717) is 19.2 Å². The molecule has 124 valence electrons. The van der Waals surface area contributed by atoms with E-state index in [0.717, 1.165) is 12.3 Å². The molecule has 1 aromatic rings. The Hall–Kier alpha value is -1.06. The number of piperidine rings is 1. The molecule has 0 spiro atoms. The quantitative estimate of drug-likeness (QED) is 0.902. The first-order chi connectivity index (χ1) is 10.4. The maximum atomic E-state index is 10.3. The average molecular weight is 305 g/mol. The van der Waals surface area contributed by atoms with Gasteiger partial charge in [0.2, 0.25) is 0 Å². The number of likely N-dealkylation sites (tertiary alicyclic amines) is 1. The maximum absolute atomic E-state index is 10.3. The molecule has 0 unspecified atom stereocenters. The number of hydrogen-bond donors (Lipinski definition) is 1. The highest BCUT2D eigenvalue weighted by molar-refractivity contribution is 5.38. The highest BCUT2D eigenvalue weighted by atomic mass is 16.5. The van der Waals surface area contributed by atoms with E-state index in [1.165, 1.54) is 24.8 Å². The van der Waals surface area contributed by atoms with Crippen LogP contribution in [-0.2, 0) is 5.41 Å². The highest BCUT2D eigenvalue weighted by Gasteiger charge is 2.22. The van der Waals surface area contributed by atoms with Crippen molar-refractivity contribution in [1.82, 2.24) is 4.90 Å². The normalized spacial score (nSPS) is 21.6. The van der Waals surface area contributed by atoms with Gasteiger partial charge in [-0.15, -0.1) is 0 Å². The molecule has 1 N–H and O–H groups in total. The molecule has 0 radical (unpaired) electrons. The first-order valence-corrected chi connectivity index (χ1v) is 8.52. The third-order valence-electron chi connectivity index (χ3n) is 4.51. The summed E-state index contributed by atoms with van der Waals surface area (Å²) in [5.74, 6) is 0.890. The summed E-state index contributed by atoms with van der Waals surface area (Å²) < 4.78 is 5.93. The molecular formula is C19H31NO2. The van der Waals surface area contributed by atoms with Crippen LogP contribution in [0.15, 0.2) is 24.3 Å². The fourth-order valence-electron chi connectivity index (χ4n) is 3.15. The van der Waals surface area contributed by atoms with Crippen LogP contribution in [0.3, 0.4) is 0 Å². The Labute approximate surface area is 135 Å². The smallest absolute Gasteiger partial charge is 0.123 e. The van der Waals surface area contributed by atoms with Gasteiger partial charge in [0, 0.05) is 12.6 Å². The molecule has 0 aromatic heterocycles. The molecule has 1 saturated heterocycles. The lowest BCUT2D eigenvalue weighted by atomic mass is 9.86. The van der Waals surface area contributed by atoms with E-state index >= 15 is 0 Å². The largest absolute Gasteiger partial charge is 0.491 e. The lowest BCUT2D eigenvalue weighted by molar-refractivity contribution is 0.0433. The molecule has 3 nitrogen and oxygen atoms in total. The summed E-state index contributed by atoms with van der Waals surface area (Å²) in [5.41, 5.74) is 1.23. The van der Waals surface area contributed by atoms with E-state index in [1.807, 2.05) is 18.2 Å². The number of aliphatic hydroxyl groups excluding tert-OH is 1. The molecule has 1 aliphatic rings. The van der Waals surface area contributed by atoms with Gasteiger partial charge in [0.05, 0.1) is 0 Å². The van der Waals surface area contributed by atoms with E-state index in [4.69, 9.17) is 4.74 Å². The molecule has 1 aliphatic heterocycles. The third kappa shape index (κ3) is 4.72. The Morgan fingerprint density at radius 2 is 2.00 bits per heavy atom. The molecule has 1 fully saturated rings. The van der Waals surface area contributed by atoms with Gasteiger partial charge in [-0.2, -0.15) is 0 Å². The fourth-order valence-corrected chi connectivity index (χ4v) is 3.15. The summed E-state index contributed by atoms with van der Waals surface area (Å²) in [4.78, 5) is 2.38. The molecular weight excluding hydrogens is 274 g/mol. The number of ether oxygens (including phenoxy) is 1. The summed E-state index contributed by atoms with van der Waals surface area (Å²) in [6.07, 6.45) is 3.35. The monoisotopic (exact) mass is 305 g/mol. The molecule has 2 rings (SSSR count). The van der Waals surface area contributed by atoms with Crippen LogP contribution in [0.4, 0.5) is 0 Å². The van der Waals surface area contributed by atoms with Crippen LogP contribution < -0.4 is 4.74 Å². The van der Waals surface area contributed by atoms with Gasteiger partial charge in [-0.1, -0.05) is 45.4 Å². The molecule has 0 saturated carbocycles. The van der Waals surface area contributed by atoms with Crippen molar-refractivity contribution in [3.8, 4) is 5.75 Å². The van der Waals surface area contributed by atoms with Gasteiger partial charge >= 0.3 is 0 Å². The van der Waals surface area contributed by atoms with Gasteiger partial charge in [-0.3, -0.25) is 4.90 Å². The van der Waals surface area contributed by atoms with E-state index in [1.54, 1.807) is 0 Å². The van der Waals surface area contributed by atoms with Crippen molar-refractivity contribution in [1.29, 1.82) is 0 Å². The minimum absolute atomic E-state index is 0.0446. The highest BCUT2D eigenvalue weighted by Crippen LogP contribution is 2.31. The van der Waals surface area contributed by atoms with Gasteiger partial charge in [-0.05, 0) is 43.4 Å². The van der Waals surface area contributed by atoms with Gasteiger partial charge in [0.15, 0.2) is 0 Å². The van der Waals surface area contributed by atoms with E-state index in [2.05, 4.69) is 38.7 Å². The second-order valence-corrected chi connectivity index (χ2v) is 7.55. The number of para-hydroxylation sites is 1. The van der Waals surface area contributed by atoms with Crippen molar-refractivity contribution in [3.05, 3.63) is 29.8 Å². The van der Waals surface area contributed by atoms with Crippen LogP contribution in [-0.4, -0.2) is 41.8 Å². The zero-order valence-corrected chi connectivity index (χ0v) is 14.5. The van der Waals surface area contributed by atoms with Crippen molar-refractivity contribution < 1.29 is 9.84 Å². The topological polar surface area (TPSA) is 32.7 Å². The summed E-state index contributed by atoms with van der Waals surface area (Å²) in [6, 6.07) is 8.71. The second kappa shape index (κ2) is 7.47. The Morgan fingerprint density at radius 3 is 2.68 bits per heavy atom.